The summed E-state index contributed by atoms with van der Waals surface area (Å²) in [4.78, 5) is 26.0. The van der Waals surface area contributed by atoms with Crippen molar-refractivity contribution in [2.75, 3.05) is 13.2 Å². The van der Waals surface area contributed by atoms with Gasteiger partial charge in [0.25, 0.3) is 5.56 Å². The predicted molar refractivity (Wildman–Crippen MR) is 115 cm³/mol. The Morgan fingerprint density at radius 1 is 1.07 bits per heavy atom. The predicted octanol–water partition coefficient (Wildman–Crippen LogP) is 2.99. The number of unbranched alkanes of at least 4 members (excludes halogenated alkanes) is 1. The summed E-state index contributed by atoms with van der Waals surface area (Å²) < 4.78 is 21.9. The van der Waals surface area contributed by atoms with Crippen LogP contribution < -0.4 is 16.0 Å². The van der Waals surface area contributed by atoms with E-state index >= 15 is 0 Å². The Balaban J connectivity index is 2.24. The van der Waals surface area contributed by atoms with Crippen LogP contribution in [0.1, 0.15) is 37.3 Å². The monoisotopic (exact) mass is 414 g/mol. The van der Waals surface area contributed by atoms with Gasteiger partial charge in [-0.15, -0.1) is 0 Å². The van der Waals surface area contributed by atoms with Crippen molar-refractivity contribution in [1.82, 2.24) is 9.13 Å². The summed E-state index contributed by atoms with van der Waals surface area (Å²) in [6.45, 7) is 2.60. The van der Waals surface area contributed by atoms with E-state index in [2.05, 4.69) is 6.92 Å². The van der Waals surface area contributed by atoms with Crippen LogP contribution in [0.15, 0.2) is 46.0 Å². The first kappa shape index (κ1) is 21.8. The molecule has 160 valence electrons. The smallest absolute Gasteiger partial charge is 0.331 e. The first-order chi connectivity index (χ1) is 14.5. The highest BCUT2D eigenvalue weighted by atomic mass is 19.1. The number of aliphatic hydroxyl groups is 1. The van der Waals surface area contributed by atoms with Crippen molar-refractivity contribution in [3.8, 4) is 5.75 Å². The fourth-order valence-corrected chi connectivity index (χ4v) is 3.51. The maximum Gasteiger partial charge on any atom is 0.331 e. The van der Waals surface area contributed by atoms with E-state index in [9.17, 15) is 14.0 Å². The molecule has 7 heteroatoms. The maximum absolute atomic E-state index is 13.4. The number of aliphatic hydroxyl groups excluding tert-OH is 1. The molecule has 30 heavy (non-hydrogen) atoms. The molecule has 0 atom stereocenters. The van der Waals surface area contributed by atoms with E-state index < -0.39 is 11.2 Å². The SMILES string of the molecule is CCCCOc1ccc2c(c1Cc1ccc(F)cc1)c(=O)n(CCCO)c(=O)n2C. The quantitative estimate of drug-likeness (QED) is 0.547. The van der Waals surface area contributed by atoms with Crippen LogP contribution >= 0.6 is 0 Å². The highest BCUT2D eigenvalue weighted by molar-refractivity contribution is 5.84. The number of halogens is 1. The van der Waals surface area contributed by atoms with Gasteiger partial charge in [-0.1, -0.05) is 25.5 Å². The molecule has 3 aromatic rings. The van der Waals surface area contributed by atoms with E-state index in [0.29, 0.717) is 41.7 Å². The Hall–Kier alpha value is -2.93. The van der Waals surface area contributed by atoms with E-state index in [4.69, 9.17) is 9.84 Å². The third kappa shape index (κ3) is 4.46. The van der Waals surface area contributed by atoms with Gasteiger partial charge in [0.2, 0.25) is 0 Å². The minimum Gasteiger partial charge on any atom is -0.493 e. The van der Waals surface area contributed by atoms with Crippen LogP contribution in [0.3, 0.4) is 0 Å². The number of hydrogen-bond acceptors (Lipinski definition) is 4. The molecule has 3 rings (SSSR count). The molecule has 0 saturated heterocycles. The third-order valence-electron chi connectivity index (χ3n) is 5.18. The van der Waals surface area contributed by atoms with E-state index in [1.165, 1.54) is 16.7 Å². The minimum absolute atomic E-state index is 0.115. The van der Waals surface area contributed by atoms with Crippen LogP contribution in [0.25, 0.3) is 10.9 Å². The molecule has 0 bridgehead atoms. The number of aromatic nitrogens is 2. The average Bonchev–Trinajstić information content (AvgIpc) is 2.74. The summed E-state index contributed by atoms with van der Waals surface area (Å²) in [5.41, 5.74) is 1.20. The van der Waals surface area contributed by atoms with Crippen LogP contribution in [-0.4, -0.2) is 27.5 Å². The van der Waals surface area contributed by atoms with Gasteiger partial charge >= 0.3 is 5.69 Å². The van der Waals surface area contributed by atoms with Crippen molar-refractivity contribution in [1.29, 1.82) is 0 Å². The number of benzene rings is 2. The molecular formula is C23H27FN2O4. The molecule has 0 spiro atoms. The summed E-state index contributed by atoms with van der Waals surface area (Å²) in [6.07, 6.45) is 2.53. The molecule has 0 aliphatic heterocycles. The zero-order valence-corrected chi connectivity index (χ0v) is 17.4. The zero-order valence-electron chi connectivity index (χ0n) is 17.4. The van der Waals surface area contributed by atoms with Gasteiger partial charge in [0, 0.05) is 32.2 Å². The minimum atomic E-state index is -0.423. The van der Waals surface area contributed by atoms with Gasteiger partial charge in [0.1, 0.15) is 11.6 Å². The highest BCUT2D eigenvalue weighted by Gasteiger charge is 2.18. The van der Waals surface area contributed by atoms with Crippen LogP contribution in [0.5, 0.6) is 5.75 Å². The largest absolute Gasteiger partial charge is 0.493 e. The Morgan fingerprint density at radius 3 is 2.47 bits per heavy atom. The van der Waals surface area contributed by atoms with Gasteiger partial charge in [-0.2, -0.15) is 0 Å². The maximum atomic E-state index is 13.4. The lowest BCUT2D eigenvalue weighted by Crippen LogP contribution is -2.39. The Labute approximate surface area is 174 Å². The summed E-state index contributed by atoms with van der Waals surface area (Å²) >= 11 is 0. The third-order valence-corrected chi connectivity index (χ3v) is 5.18. The van der Waals surface area contributed by atoms with Crippen molar-refractivity contribution in [3.63, 3.8) is 0 Å². The van der Waals surface area contributed by atoms with Crippen LogP contribution in [0.2, 0.25) is 0 Å². The average molecular weight is 414 g/mol. The molecule has 1 aromatic heterocycles. The first-order valence-corrected chi connectivity index (χ1v) is 10.2. The fraction of sp³-hybridized carbons (Fsp3) is 0.391. The number of hydrogen-bond donors (Lipinski definition) is 1. The van der Waals surface area contributed by atoms with Crippen LogP contribution in [0.4, 0.5) is 4.39 Å². The number of rotatable bonds is 9. The lowest BCUT2D eigenvalue weighted by molar-refractivity contribution is 0.277. The standard InChI is InChI=1S/C23H27FN2O4/c1-3-4-14-30-20-11-10-19-21(18(20)15-16-6-8-17(24)9-7-16)22(28)26(12-5-13-27)23(29)25(19)2/h6-11,27H,3-5,12-15H2,1-2H3. The van der Waals surface area contributed by atoms with Gasteiger partial charge in [-0.05, 0) is 42.7 Å². The van der Waals surface area contributed by atoms with E-state index in [0.717, 1.165) is 23.0 Å². The molecule has 0 fully saturated rings. The number of nitrogens with zero attached hydrogens (tertiary/aromatic N) is 2. The molecule has 0 radical (unpaired) electrons. The Bertz CT molecular complexity index is 1130. The molecule has 0 aliphatic rings. The van der Waals surface area contributed by atoms with Crippen molar-refractivity contribution in [2.24, 2.45) is 7.05 Å². The highest BCUT2D eigenvalue weighted by Crippen LogP contribution is 2.28. The second kappa shape index (κ2) is 9.71. The van der Waals surface area contributed by atoms with E-state index in [1.807, 2.05) is 0 Å². The summed E-state index contributed by atoms with van der Waals surface area (Å²) in [7, 11) is 1.62. The second-order valence-corrected chi connectivity index (χ2v) is 7.32. The Kier molecular flexibility index (Phi) is 7.05. The van der Waals surface area contributed by atoms with Crippen LogP contribution in [-0.2, 0) is 20.0 Å². The summed E-state index contributed by atoms with van der Waals surface area (Å²) in [5, 5.41) is 9.56. The molecule has 0 aliphatic carbocycles. The molecule has 1 heterocycles. The van der Waals surface area contributed by atoms with Crippen molar-refractivity contribution >= 4 is 10.9 Å². The van der Waals surface area contributed by atoms with Gasteiger partial charge < -0.3 is 9.84 Å². The van der Waals surface area contributed by atoms with Gasteiger partial charge in [-0.3, -0.25) is 13.9 Å². The number of fused-ring (bicyclic) bond motifs is 1. The van der Waals surface area contributed by atoms with Gasteiger partial charge in [-0.25, -0.2) is 9.18 Å². The molecule has 2 aromatic carbocycles. The molecule has 0 saturated carbocycles. The summed E-state index contributed by atoms with van der Waals surface area (Å²) in [5.74, 6) is 0.259. The Morgan fingerprint density at radius 2 is 1.80 bits per heavy atom. The first-order valence-electron chi connectivity index (χ1n) is 10.2. The number of ether oxygens (including phenoxy) is 1. The fourth-order valence-electron chi connectivity index (χ4n) is 3.51. The molecular weight excluding hydrogens is 387 g/mol. The van der Waals surface area contributed by atoms with Crippen molar-refractivity contribution < 1.29 is 14.2 Å². The van der Waals surface area contributed by atoms with Crippen LogP contribution in [0, 0.1) is 5.82 Å². The van der Waals surface area contributed by atoms with Gasteiger partial charge in [0.15, 0.2) is 0 Å². The lowest BCUT2D eigenvalue weighted by atomic mass is 9.99. The van der Waals surface area contributed by atoms with E-state index in [-0.39, 0.29) is 19.0 Å². The summed E-state index contributed by atoms with van der Waals surface area (Å²) in [6, 6.07) is 9.63. The van der Waals surface area contributed by atoms with E-state index in [1.54, 1.807) is 31.3 Å². The zero-order chi connectivity index (χ0) is 21.7. The molecule has 6 nitrogen and oxygen atoms in total. The molecule has 0 unspecified atom stereocenters. The molecule has 0 amide bonds. The van der Waals surface area contributed by atoms with Crippen molar-refractivity contribution in [2.45, 2.75) is 39.2 Å². The normalized spacial score (nSPS) is 11.2. The second-order valence-electron chi connectivity index (χ2n) is 7.32. The molecule has 1 N–H and O–H groups in total. The topological polar surface area (TPSA) is 73.5 Å². The van der Waals surface area contributed by atoms with Crippen molar-refractivity contribution in [3.05, 3.63) is 74.2 Å². The lowest BCUT2D eigenvalue weighted by Gasteiger charge is -2.17. The van der Waals surface area contributed by atoms with Gasteiger partial charge in [0.05, 0.1) is 17.5 Å². The number of aryl methyl sites for hydroxylation is 1.